The third-order valence-electron chi connectivity index (χ3n) is 4.77. The quantitative estimate of drug-likeness (QED) is 0.369. The summed E-state index contributed by atoms with van der Waals surface area (Å²) in [6.45, 7) is 8.35. The average molecular weight is 453 g/mol. The van der Waals surface area contributed by atoms with E-state index in [4.69, 9.17) is 13.0 Å². The number of nitrogens with one attached hydrogen (secondary N) is 2. The van der Waals surface area contributed by atoms with Gasteiger partial charge in [-0.15, -0.1) is 11.3 Å². The number of hydrogen-bond donors (Lipinski definition) is 3. The molecule has 9 heteroatoms. The van der Waals surface area contributed by atoms with Crippen molar-refractivity contribution in [3.63, 3.8) is 0 Å². The largest absolute Gasteiger partial charge is 0.748 e. The first-order valence-corrected chi connectivity index (χ1v) is 12.4. The van der Waals surface area contributed by atoms with Gasteiger partial charge in [-0.1, -0.05) is 18.2 Å². The van der Waals surface area contributed by atoms with Gasteiger partial charge in [-0.3, -0.25) is 4.79 Å². The number of aliphatic hydroxyl groups is 1. The van der Waals surface area contributed by atoms with Crippen LogP contribution in [0, 0.1) is 0 Å². The molecule has 2 aromatic carbocycles. The standard InChI is InChI=1S/C20H24N2O2S.CH4O3S/c1-3-22(4-2)12-11-21-16-10-9-14(13-23)20-18(16)19(24)15-7-5-6-8-17(15)25-20;1-5(2,3)4/h5-10,21,23H,3-4,11-13H2,1-2H3;1H3,(H,2,3,4). The normalized spacial score (nSPS) is 11.5. The number of fused-ring (bicyclic) bond motifs is 2. The molecular formula is C21H28N2O5S2. The minimum atomic E-state index is -3.92. The molecule has 1 heterocycles. The Bertz CT molecular complexity index is 1150. The number of rotatable bonds is 7. The smallest absolute Gasteiger partial charge is 0.197 e. The van der Waals surface area contributed by atoms with Crippen LogP contribution in [0.3, 0.4) is 0 Å². The van der Waals surface area contributed by atoms with Crippen molar-refractivity contribution in [1.82, 2.24) is 0 Å². The minimum absolute atomic E-state index is 0.0392. The predicted octanol–water partition coefficient (Wildman–Crippen LogP) is 1.41. The molecule has 0 aliphatic heterocycles. The van der Waals surface area contributed by atoms with E-state index in [1.807, 2.05) is 36.4 Å². The first-order valence-electron chi connectivity index (χ1n) is 9.76. The van der Waals surface area contributed by atoms with E-state index in [1.165, 1.54) is 4.90 Å². The second-order valence-electron chi connectivity index (χ2n) is 6.90. The molecule has 3 N–H and O–H groups in total. The zero-order valence-electron chi connectivity index (χ0n) is 17.4. The molecule has 7 nitrogen and oxygen atoms in total. The van der Waals surface area contributed by atoms with Crippen LogP contribution in [-0.4, -0.2) is 50.5 Å². The van der Waals surface area contributed by atoms with Crippen molar-refractivity contribution in [2.75, 3.05) is 37.8 Å². The van der Waals surface area contributed by atoms with E-state index in [-0.39, 0.29) is 12.0 Å². The molecule has 30 heavy (non-hydrogen) atoms. The highest BCUT2D eigenvalue weighted by atomic mass is 32.2. The van der Waals surface area contributed by atoms with Crippen LogP contribution in [0.15, 0.2) is 41.2 Å². The van der Waals surface area contributed by atoms with Crippen LogP contribution in [0.4, 0.5) is 5.69 Å². The summed E-state index contributed by atoms with van der Waals surface area (Å²) in [5.41, 5.74) is 1.71. The first-order chi connectivity index (χ1) is 14.2. The molecule has 0 bridgehead atoms. The van der Waals surface area contributed by atoms with Gasteiger partial charge in [-0.2, -0.15) is 0 Å². The highest BCUT2D eigenvalue weighted by Gasteiger charge is 2.13. The summed E-state index contributed by atoms with van der Waals surface area (Å²) in [6.07, 6.45) is 0.604. The van der Waals surface area contributed by atoms with Crippen LogP contribution in [0.5, 0.6) is 0 Å². The molecule has 164 valence electrons. The van der Waals surface area contributed by atoms with Gasteiger partial charge in [-0.05, 0) is 37.6 Å². The van der Waals surface area contributed by atoms with Gasteiger partial charge in [0.05, 0.1) is 48.3 Å². The van der Waals surface area contributed by atoms with Crippen molar-refractivity contribution in [3.8, 4) is 0 Å². The van der Waals surface area contributed by atoms with Gasteiger partial charge in [0.2, 0.25) is 0 Å². The second-order valence-corrected chi connectivity index (χ2v) is 9.36. The Labute approximate surface area is 180 Å². The molecule has 0 spiro atoms. The molecule has 0 aliphatic carbocycles. The maximum absolute atomic E-state index is 13.1. The fourth-order valence-corrected chi connectivity index (χ4v) is 4.41. The maximum Gasteiger partial charge on any atom is 0.197 e. The van der Waals surface area contributed by atoms with Crippen molar-refractivity contribution in [2.24, 2.45) is 0 Å². The summed E-state index contributed by atoms with van der Waals surface area (Å²) in [4.78, 5) is 14.6. The third kappa shape index (κ3) is 6.48. The van der Waals surface area contributed by atoms with Crippen molar-refractivity contribution in [3.05, 3.63) is 52.2 Å². The fourth-order valence-electron chi connectivity index (χ4n) is 3.20. The Morgan fingerprint density at radius 2 is 1.77 bits per heavy atom. The highest BCUT2D eigenvalue weighted by molar-refractivity contribution is 7.84. The first kappa shape index (κ1) is 24.2. The molecular weight excluding hydrogens is 424 g/mol. The van der Waals surface area contributed by atoms with E-state index in [2.05, 4.69) is 19.2 Å². The second kappa shape index (κ2) is 10.8. The third-order valence-corrected chi connectivity index (χ3v) is 6.02. The van der Waals surface area contributed by atoms with Gasteiger partial charge in [0, 0.05) is 26.7 Å². The summed E-state index contributed by atoms with van der Waals surface area (Å²) in [7, 11) is -3.92. The molecule has 0 fully saturated rings. The van der Waals surface area contributed by atoms with Gasteiger partial charge < -0.3 is 19.9 Å². The predicted molar refractivity (Wildman–Crippen MR) is 123 cm³/mol. The monoisotopic (exact) mass is 452 g/mol. The minimum Gasteiger partial charge on any atom is -0.748 e. The van der Waals surface area contributed by atoms with E-state index in [0.717, 1.165) is 52.2 Å². The van der Waals surface area contributed by atoms with Gasteiger partial charge in [0.25, 0.3) is 0 Å². The highest BCUT2D eigenvalue weighted by Crippen LogP contribution is 2.31. The summed E-state index contributed by atoms with van der Waals surface area (Å²) in [5, 5.41) is 14.6. The lowest BCUT2D eigenvalue weighted by Gasteiger charge is -2.17. The Morgan fingerprint density at radius 1 is 1.13 bits per heavy atom. The van der Waals surface area contributed by atoms with E-state index in [0.29, 0.717) is 11.6 Å². The molecule has 1 aromatic heterocycles. The molecule has 0 atom stereocenters. The SMILES string of the molecule is CC[NH+](CC)CCNc1ccc(CO)c2sc3ccccc3c(=O)c12.CS(=O)(=O)[O-]. The van der Waals surface area contributed by atoms with Gasteiger partial charge in [-0.25, -0.2) is 8.42 Å². The van der Waals surface area contributed by atoms with Crippen LogP contribution in [0.1, 0.15) is 19.4 Å². The van der Waals surface area contributed by atoms with Crippen molar-refractivity contribution < 1.29 is 23.0 Å². The molecule has 0 radical (unpaired) electrons. The summed E-state index contributed by atoms with van der Waals surface area (Å²) in [6, 6.07) is 11.5. The van der Waals surface area contributed by atoms with Crippen LogP contribution >= 0.6 is 11.3 Å². The zero-order chi connectivity index (χ0) is 22.3. The Balaban J connectivity index is 0.000000575. The van der Waals surface area contributed by atoms with Gasteiger partial charge in [0.1, 0.15) is 0 Å². The lowest BCUT2D eigenvalue weighted by molar-refractivity contribution is -0.894. The van der Waals surface area contributed by atoms with E-state index < -0.39 is 10.1 Å². The molecule has 0 saturated heterocycles. The van der Waals surface area contributed by atoms with Crippen molar-refractivity contribution >= 4 is 47.3 Å². The van der Waals surface area contributed by atoms with Crippen molar-refractivity contribution in [2.45, 2.75) is 20.5 Å². The fraction of sp³-hybridized carbons (Fsp3) is 0.381. The zero-order valence-corrected chi connectivity index (χ0v) is 19.0. The Hall–Kier alpha value is -2.04. The molecule has 3 aromatic rings. The Kier molecular flexibility index (Phi) is 8.75. The number of benzene rings is 2. The number of likely N-dealkylation sites (N-methyl/N-ethyl adjacent to an activating group) is 1. The maximum atomic E-state index is 13.1. The topological polar surface area (TPSA) is 111 Å². The van der Waals surface area contributed by atoms with Crippen LogP contribution in [0.2, 0.25) is 0 Å². The van der Waals surface area contributed by atoms with E-state index in [9.17, 15) is 9.90 Å². The van der Waals surface area contributed by atoms with Crippen molar-refractivity contribution in [1.29, 1.82) is 0 Å². The molecule has 0 unspecified atom stereocenters. The van der Waals surface area contributed by atoms with Gasteiger partial charge >= 0.3 is 0 Å². The summed E-state index contributed by atoms with van der Waals surface area (Å²) >= 11 is 1.57. The molecule has 3 rings (SSSR count). The number of hydrogen-bond acceptors (Lipinski definition) is 7. The van der Waals surface area contributed by atoms with Crippen LogP contribution < -0.4 is 15.6 Å². The molecule has 0 aliphatic rings. The van der Waals surface area contributed by atoms with Crippen LogP contribution in [-0.2, 0) is 16.7 Å². The lowest BCUT2D eigenvalue weighted by Crippen LogP contribution is -3.12. The van der Waals surface area contributed by atoms with E-state index in [1.54, 1.807) is 11.3 Å². The van der Waals surface area contributed by atoms with E-state index >= 15 is 0 Å². The summed E-state index contributed by atoms with van der Waals surface area (Å²) < 4.78 is 29.1. The molecule has 0 saturated carbocycles. The van der Waals surface area contributed by atoms with Gasteiger partial charge in [0.15, 0.2) is 5.43 Å². The number of anilines is 1. The molecule has 0 amide bonds. The summed E-state index contributed by atoms with van der Waals surface area (Å²) in [5.74, 6) is 0. The van der Waals surface area contributed by atoms with Crippen LogP contribution in [0.25, 0.3) is 20.2 Å². The number of quaternary nitrogens is 1. The lowest BCUT2D eigenvalue weighted by atomic mass is 10.1. The Morgan fingerprint density at radius 3 is 2.37 bits per heavy atom. The number of aliphatic hydroxyl groups excluding tert-OH is 1. The average Bonchev–Trinajstić information content (AvgIpc) is 2.70.